The Bertz CT molecular complexity index is 438. The minimum Gasteiger partial charge on any atom is -0.462 e. The van der Waals surface area contributed by atoms with Gasteiger partial charge in [-0.3, -0.25) is 0 Å². The number of nitrogens with one attached hydrogen (secondary N) is 1. The summed E-state index contributed by atoms with van der Waals surface area (Å²) in [5.41, 5.74) is 6.28. The molecule has 7 heteroatoms. The molecule has 0 aliphatic rings. The molecular formula is C14H20N2O5. The number of methoxy groups -OCH3 is 1. The molecule has 0 heterocycles. The van der Waals surface area contributed by atoms with E-state index in [9.17, 15) is 9.59 Å². The van der Waals surface area contributed by atoms with E-state index in [2.05, 4.69) is 5.32 Å². The number of carbonyl (C=O) groups is 2. The lowest BCUT2D eigenvalue weighted by atomic mass is 10.2. The fourth-order valence-corrected chi connectivity index (χ4v) is 1.45. The van der Waals surface area contributed by atoms with Gasteiger partial charge in [-0.1, -0.05) is 30.3 Å². The Kier molecular flexibility index (Phi) is 7.85. The third kappa shape index (κ3) is 6.73. The van der Waals surface area contributed by atoms with Crippen LogP contribution in [0.25, 0.3) is 0 Å². The first-order chi connectivity index (χ1) is 10.2. The summed E-state index contributed by atoms with van der Waals surface area (Å²) >= 11 is 0. The summed E-state index contributed by atoms with van der Waals surface area (Å²) in [7, 11) is 1.49. The molecule has 1 amide bonds. The number of amides is 1. The van der Waals surface area contributed by atoms with E-state index in [4.69, 9.17) is 19.9 Å². The third-order valence-corrected chi connectivity index (χ3v) is 2.56. The Morgan fingerprint density at radius 1 is 1.19 bits per heavy atom. The van der Waals surface area contributed by atoms with Gasteiger partial charge in [0.15, 0.2) is 0 Å². The van der Waals surface area contributed by atoms with Crippen molar-refractivity contribution >= 4 is 12.1 Å². The number of hydrogen-bond acceptors (Lipinski definition) is 6. The highest BCUT2D eigenvalue weighted by molar-refractivity contribution is 5.81. The monoisotopic (exact) mass is 296 g/mol. The predicted octanol–water partition coefficient (Wildman–Crippen LogP) is 0.430. The third-order valence-electron chi connectivity index (χ3n) is 2.56. The lowest BCUT2D eigenvalue weighted by Gasteiger charge is -2.15. The Balaban J connectivity index is 2.34. The van der Waals surface area contributed by atoms with Crippen molar-refractivity contribution in [1.82, 2.24) is 5.32 Å². The highest BCUT2D eigenvalue weighted by Crippen LogP contribution is 2.01. The topological polar surface area (TPSA) is 99.9 Å². The number of esters is 1. The average molecular weight is 296 g/mol. The quantitative estimate of drug-likeness (QED) is 0.533. The number of hydrogen-bond donors (Lipinski definition) is 2. The van der Waals surface area contributed by atoms with Gasteiger partial charge in [0.25, 0.3) is 0 Å². The first kappa shape index (κ1) is 16.9. The van der Waals surface area contributed by atoms with E-state index in [0.717, 1.165) is 5.56 Å². The number of alkyl carbamates (subject to hydrolysis) is 1. The van der Waals surface area contributed by atoms with E-state index in [1.807, 2.05) is 30.3 Å². The smallest absolute Gasteiger partial charge is 0.408 e. The molecule has 0 aliphatic carbocycles. The van der Waals surface area contributed by atoms with Crippen molar-refractivity contribution in [2.75, 3.05) is 26.9 Å². The molecule has 116 valence electrons. The van der Waals surface area contributed by atoms with E-state index in [1.165, 1.54) is 7.11 Å². The van der Waals surface area contributed by atoms with E-state index in [-0.39, 0.29) is 26.4 Å². The van der Waals surface area contributed by atoms with Crippen LogP contribution < -0.4 is 11.1 Å². The molecule has 0 bridgehead atoms. The normalized spacial score (nSPS) is 11.5. The number of ether oxygens (including phenoxy) is 3. The Hall–Kier alpha value is -2.12. The highest BCUT2D eigenvalue weighted by atomic mass is 16.6. The van der Waals surface area contributed by atoms with Crippen LogP contribution in [0.4, 0.5) is 4.79 Å². The molecule has 0 spiro atoms. The van der Waals surface area contributed by atoms with Crippen LogP contribution in [0.3, 0.4) is 0 Å². The molecule has 0 aromatic heterocycles. The van der Waals surface area contributed by atoms with Crippen LogP contribution in [0.1, 0.15) is 5.56 Å². The van der Waals surface area contributed by atoms with Gasteiger partial charge in [-0.05, 0) is 5.56 Å². The Morgan fingerprint density at radius 3 is 2.52 bits per heavy atom. The van der Waals surface area contributed by atoms with Crippen LogP contribution in [-0.4, -0.2) is 45.0 Å². The van der Waals surface area contributed by atoms with Crippen molar-refractivity contribution in [2.45, 2.75) is 12.6 Å². The molecule has 0 aliphatic heterocycles. The maximum absolute atomic E-state index is 11.6. The van der Waals surface area contributed by atoms with Crippen LogP contribution in [0.2, 0.25) is 0 Å². The first-order valence-electron chi connectivity index (χ1n) is 6.50. The van der Waals surface area contributed by atoms with Gasteiger partial charge in [-0.25, -0.2) is 9.59 Å². The second-order valence-corrected chi connectivity index (χ2v) is 4.15. The molecule has 3 N–H and O–H groups in total. The second-order valence-electron chi connectivity index (χ2n) is 4.15. The lowest BCUT2D eigenvalue weighted by molar-refractivity contribution is -0.147. The standard InChI is InChI=1S/C14H20N2O5/c1-19-7-8-20-13(17)12(9-15)16-14(18)21-10-11-5-3-2-4-6-11/h2-6,12H,7-10,15H2,1H3,(H,16,18). The van der Waals surface area contributed by atoms with Crippen molar-refractivity contribution < 1.29 is 23.8 Å². The van der Waals surface area contributed by atoms with Crippen molar-refractivity contribution in [2.24, 2.45) is 5.73 Å². The molecule has 1 unspecified atom stereocenters. The molecule has 1 aromatic carbocycles. The molecular weight excluding hydrogens is 276 g/mol. The van der Waals surface area contributed by atoms with Gasteiger partial charge >= 0.3 is 12.1 Å². The summed E-state index contributed by atoms with van der Waals surface area (Å²) < 4.78 is 14.6. The minimum absolute atomic E-state index is 0.0771. The summed E-state index contributed by atoms with van der Waals surface area (Å²) in [5.74, 6) is -0.619. The van der Waals surface area contributed by atoms with Crippen molar-refractivity contribution in [3.63, 3.8) is 0 Å². The van der Waals surface area contributed by atoms with Gasteiger partial charge in [0.05, 0.1) is 6.61 Å². The lowest BCUT2D eigenvalue weighted by Crippen LogP contribution is -2.47. The fourth-order valence-electron chi connectivity index (χ4n) is 1.45. The molecule has 0 saturated carbocycles. The van der Waals surface area contributed by atoms with E-state index >= 15 is 0 Å². The van der Waals surface area contributed by atoms with Crippen LogP contribution in [0.15, 0.2) is 30.3 Å². The minimum atomic E-state index is -0.940. The summed E-state index contributed by atoms with van der Waals surface area (Å²) in [6.45, 7) is 0.420. The molecule has 0 radical (unpaired) electrons. The number of carbonyl (C=O) groups excluding carboxylic acids is 2. The maximum atomic E-state index is 11.6. The highest BCUT2D eigenvalue weighted by Gasteiger charge is 2.21. The molecule has 1 aromatic rings. The van der Waals surface area contributed by atoms with Crippen molar-refractivity contribution in [1.29, 1.82) is 0 Å². The molecule has 21 heavy (non-hydrogen) atoms. The maximum Gasteiger partial charge on any atom is 0.408 e. The van der Waals surface area contributed by atoms with Gasteiger partial charge in [0.2, 0.25) is 0 Å². The zero-order chi connectivity index (χ0) is 15.5. The van der Waals surface area contributed by atoms with E-state index < -0.39 is 18.1 Å². The zero-order valence-electron chi connectivity index (χ0n) is 11.9. The Labute approximate surface area is 123 Å². The van der Waals surface area contributed by atoms with Gasteiger partial charge in [-0.15, -0.1) is 0 Å². The number of benzene rings is 1. The second kappa shape index (κ2) is 9.73. The van der Waals surface area contributed by atoms with Crippen molar-refractivity contribution in [3.05, 3.63) is 35.9 Å². The number of nitrogens with two attached hydrogens (primary N) is 1. The average Bonchev–Trinajstić information content (AvgIpc) is 2.51. The molecule has 1 atom stereocenters. The van der Waals surface area contributed by atoms with Gasteiger partial charge in [0.1, 0.15) is 19.3 Å². The summed E-state index contributed by atoms with van der Waals surface area (Å²) in [4.78, 5) is 23.2. The van der Waals surface area contributed by atoms with Crippen molar-refractivity contribution in [3.8, 4) is 0 Å². The largest absolute Gasteiger partial charge is 0.462 e. The zero-order valence-corrected chi connectivity index (χ0v) is 11.9. The molecule has 7 nitrogen and oxygen atoms in total. The Morgan fingerprint density at radius 2 is 1.90 bits per heavy atom. The fraction of sp³-hybridized carbons (Fsp3) is 0.429. The van der Waals surface area contributed by atoms with E-state index in [1.54, 1.807) is 0 Å². The van der Waals surface area contributed by atoms with E-state index in [0.29, 0.717) is 0 Å². The molecule has 0 fully saturated rings. The molecule has 0 saturated heterocycles. The first-order valence-corrected chi connectivity index (χ1v) is 6.50. The van der Waals surface area contributed by atoms with Gasteiger partial charge < -0.3 is 25.3 Å². The van der Waals surface area contributed by atoms with Crippen LogP contribution in [0, 0.1) is 0 Å². The van der Waals surface area contributed by atoms with Gasteiger partial charge in [0, 0.05) is 13.7 Å². The SMILES string of the molecule is COCCOC(=O)C(CN)NC(=O)OCc1ccccc1. The summed E-state index contributed by atoms with van der Waals surface area (Å²) in [6, 6.07) is 8.26. The van der Waals surface area contributed by atoms with Gasteiger partial charge in [-0.2, -0.15) is 0 Å². The van der Waals surface area contributed by atoms with Crippen LogP contribution in [0.5, 0.6) is 0 Å². The summed E-state index contributed by atoms with van der Waals surface area (Å²) in [6.07, 6.45) is -0.724. The predicted molar refractivity (Wildman–Crippen MR) is 75.4 cm³/mol. The molecule has 1 rings (SSSR count). The van der Waals surface area contributed by atoms with Crippen LogP contribution >= 0.6 is 0 Å². The number of rotatable bonds is 8. The summed E-state index contributed by atoms with van der Waals surface area (Å²) in [5, 5.41) is 2.36. The van der Waals surface area contributed by atoms with Crippen LogP contribution in [-0.2, 0) is 25.6 Å².